The molecule has 2 aliphatic heterocycles. The smallest absolute Gasteiger partial charge is 0.259 e. The number of fused-ring (bicyclic) bond motifs is 3. The van der Waals surface area contributed by atoms with Crippen molar-refractivity contribution in [3.8, 4) is 0 Å². The zero-order chi connectivity index (χ0) is 17.7. The average Bonchev–Trinajstić information content (AvgIpc) is 3.20. The fraction of sp³-hybridized carbons (Fsp3) is 0.350. The second-order valence-electron chi connectivity index (χ2n) is 7.26. The molecule has 0 saturated carbocycles. The van der Waals surface area contributed by atoms with Crippen molar-refractivity contribution < 1.29 is 9.18 Å². The van der Waals surface area contributed by atoms with Crippen LogP contribution in [0.1, 0.15) is 47.5 Å². The molecule has 5 rings (SSSR count). The van der Waals surface area contributed by atoms with Crippen LogP contribution in [0.5, 0.6) is 0 Å². The number of aromatic nitrogens is 3. The normalized spacial score (nSPS) is 25.0. The van der Waals surface area contributed by atoms with E-state index >= 15 is 0 Å². The zero-order valence-electron chi connectivity index (χ0n) is 14.3. The summed E-state index contributed by atoms with van der Waals surface area (Å²) < 4.78 is 14.8. The molecular weight excluding hydrogens is 331 g/mol. The van der Waals surface area contributed by atoms with Crippen LogP contribution in [0.3, 0.4) is 0 Å². The monoisotopic (exact) mass is 350 g/mol. The van der Waals surface area contributed by atoms with Crippen LogP contribution < -0.4 is 0 Å². The molecular formula is C20H19FN4O. The van der Waals surface area contributed by atoms with Crippen LogP contribution in [-0.2, 0) is 0 Å². The van der Waals surface area contributed by atoms with E-state index in [0.29, 0.717) is 17.1 Å². The van der Waals surface area contributed by atoms with Gasteiger partial charge in [0.15, 0.2) is 5.65 Å². The molecule has 2 atom stereocenters. The molecule has 0 radical (unpaired) electrons. The van der Waals surface area contributed by atoms with Gasteiger partial charge >= 0.3 is 0 Å². The Morgan fingerprint density at radius 1 is 1.12 bits per heavy atom. The largest absolute Gasteiger partial charge is 0.332 e. The zero-order valence-corrected chi connectivity index (χ0v) is 14.3. The number of hydrogen-bond acceptors (Lipinski definition) is 3. The van der Waals surface area contributed by atoms with E-state index in [1.54, 1.807) is 29.2 Å². The summed E-state index contributed by atoms with van der Waals surface area (Å²) in [7, 11) is 0. The lowest BCUT2D eigenvalue weighted by Crippen LogP contribution is -2.46. The summed E-state index contributed by atoms with van der Waals surface area (Å²) in [6.07, 6.45) is 9.02. The molecule has 2 aliphatic rings. The van der Waals surface area contributed by atoms with Gasteiger partial charge in [0.05, 0.1) is 6.20 Å². The first kappa shape index (κ1) is 15.5. The van der Waals surface area contributed by atoms with E-state index in [1.807, 2.05) is 17.0 Å². The minimum absolute atomic E-state index is 0.0313. The van der Waals surface area contributed by atoms with Crippen LogP contribution in [0.25, 0.3) is 5.65 Å². The quantitative estimate of drug-likeness (QED) is 0.712. The summed E-state index contributed by atoms with van der Waals surface area (Å²) in [5.74, 6) is 0.216. The molecule has 3 aromatic rings. The van der Waals surface area contributed by atoms with Crippen molar-refractivity contribution in [2.75, 3.05) is 0 Å². The van der Waals surface area contributed by atoms with Crippen LogP contribution in [0.4, 0.5) is 4.39 Å². The van der Waals surface area contributed by atoms with Gasteiger partial charge in [-0.15, -0.1) is 0 Å². The van der Waals surface area contributed by atoms with E-state index in [-0.39, 0.29) is 23.8 Å². The van der Waals surface area contributed by atoms with Crippen LogP contribution in [-0.4, -0.2) is 37.5 Å². The van der Waals surface area contributed by atoms with E-state index in [9.17, 15) is 9.18 Å². The highest BCUT2D eigenvalue weighted by molar-refractivity contribution is 6.00. The molecule has 1 amide bonds. The number of amides is 1. The minimum atomic E-state index is -0.204. The van der Waals surface area contributed by atoms with Crippen molar-refractivity contribution in [1.82, 2.24) is 19.5 Å². The summed E-state index contributed by atoms with van der Waals surface area (Å²) in [5.41, 5.74) is 2.35. The lowest BCUT2D eigenvalue weighted by atomic mass is 9.85. The Morgan fingerprint density at radius 2 is 1.85 bits per heavy atom. The van der Waals surface area contributed by atoms with E-state index in [2.05, 4.69) is 10.1 Å². The van der Waals surface area contributed by atoms with Crippen molar-refractivity contribution >= 4 is 11.6 Å². The second kappa shape index (κ2) is 5.90. The highest BCUT2D eigenvalue weighted by Crippen LogP contribution is 2.43. The maximum atomic E-state index is 13.2. The van der Waals surface area contributed by atoms with Gasteiger partial charge in [0.2, 0.25) is 0 Å². The first-order valence-electron chi connectivity index (χ1n) is 9.07. The SMILES string of the molecule is O=C(c1cnn2cccnc12)N1[C@@H]2CC[C@@H]1CC(c1ccc(F)cc1)C2. The number of benzene rings is 1. The van der Waals surface area contributed by atoms with Crippen molar-refractivity contribution in [2.24, 2.45) is 0 Å². The topological polar surface area (TPSA) is 50.5 Å². The third kappa shape index (κ3) is 2.40. The molecule has 0 aliphatic carbocycles. The number of carbonyl (C=O) groups is 1. The molecule has 0 spiro atoms. The summed E-state index contributed by atoms with van der Waals surface area (Å²) in [6.45, 7) is 0. The molecule has 2 fully saturated rings. The Kier molecular flexibility index (Phi) is 3.51. The molecule has 2 bridgehead atoms. The van der Waals surface area contributed by atoms with Crippen LogP contribution in [0.15, 0.2) is 48.9 Å². The van der Waals surface area contributed by atoms with Crippen molar-refractivity contribution in [3.05, 3.63) is 65.9 Å². The van der Waals surface area contributed by atoms with Gasteiger partial charge in [-0.05, 0) is 55.4 Å². The number of carbonyl (C=O) groups excluding carboxylic acids is 1. The molecule has 0 N–H and O–H groups in total. The predicted molar refractivity (Wildman–Crippen MR) is 94.3 cm³/mol. The molecule has 2 saturated heterocycles. The van der Waals surface area contributed by atoms with Crippen LogP contribution >= 0.6 is 0 Å². The summed E-state index contributed by atoms with van der Waals surface area (Å²) in [4.78, 5) is 19.6. The Hall–Kier alpha value is -2.76. The van der Waals surface area contributed by atoms with Crippen LogP contribution in [0.2, 0.25) is 0 Å². The Balaban J connectivity index is 1.42. The van der Waals surface area contributed by atoms with E-state index in [1.165, 1.54) is 17.7 Å². The standard InChI is InChI=1S/C20H19FN4O/c21-15-4-2-13(3-5-15)14-10-16-6-7-17(11-14)25(16)20(26)18-12-23-24-9-1-8-22-19(18)24/h1-5,8-9,12,14,16-17H,6-7,10-11H2/t16-,17-/m1/s1. The molecule has 0 unspecified atom stereocenters. The van der Waals surface area contributed by atoms with Crippen LogP contribution in [0, 0.1) is 5.82 Å². The van der Waals surface area contributed by atoms with Gasteiger partial charge < -0.3 is 4.90 Å². The van der Waals surface area contributed by atoms with E-state index < -0.39 is 0 Å². The average molecular weight is 350 g/mol. The molecule has 1 aromatic carbocycles. The van der Waals surface area contributed by atoms with Gasteiger partial charge in [0.1, 0.15) is 11.4 Å². The Labute approximate surface area is 150 Å². The number of piperidine rings is 1. The molecule has 26 heavy (non-hydrogen) atoms. The highest BCUT2D eigenvalue weighted by Gasteiger charge is 2.44. The maximum absolute atomic E-state index is 13.2. The number of nitrogens with zero attached hydrogens (tertiary/aromatic N) is 4. The number of halogens is 1. The summed E-state index contributed by atoms with van der Waals surface area (Å²) in [5, 5.41) is 4.25. The van der Waals surface area contributed by atoms with Gasteiger partial charge in [-0.2, -0.15) is 5.10 Å². The fourth-order valence-electron chi connectivity index (χ4n) is 4.63. The molecule has 2 aromatic heterocycles. The van der Waals surface area contributed by atoms with E-state index in [0.717, 1.165) is 25.7 Å². The second-order valence-corrected chi connectivity index (χ2v) is 7.26. The molecule has 6 heteroatoms. The van der Waals surface area contributed by atoms with E-state index in [4.69, 9.17) is 0 Å². The lowest BCUT2D eigenvalue weighted by Gasteiger charge is -2.39. The Bertz CT molecular complexity index is 953. The van der Waals surface area contributed by atoms with Crippen molar-refractivity contribution in [2.45, 2.75) is 43.7 Å². The van der Waals surface area contributed by atoms with Gasteiger partial charge in [0, 0.05) is 24.5 Å². The predicted octanol–water partition coefficient (Wildman–Crippen LogP) is 3.42. The number of hydrogen-bond donors (Lipinski definition) is 0. The summed E-state index contributed by atoms with van der Waals surface area (Å²) in [6, 6.07) is 9.08. The number of rotatable bonds is 2. The molecule has 132 valence electrons. The van der Waals surface area contributed by atoms with Gasteiger partial charge in [-0.1, -0.05) is 12.1 Å². The third-order valence-corrected chi connectivity index (χ3v) is 5.82. The van der Waals surface area contributed by atoms with Gasteiger partial charge in [0.25, 0.3) is 5.91 Å². The first-order chi connectivity index (χ1) is 12.7. The fourth-order valence-corrected chi connectivity index (χ4v) is 4.63. The van der Waals surface area contributed by atoms with Crippen molar-refractivity contribution in [1.29, 1.82) is 0 Å². The Morgan fingerprint density at radius 3 is 2.58 bits per heavy atom. The van der Waals surface area contributed by atoms with Crippen molar-refractivity contribution in [3.63, 3.8) is 0 Å². The highest BCUT2D eigenvalue weighted by atomic mass is 19.1. The molecule has 4 heterocycles. The van der Waals surface area contributed by atoms with Gasteiger partial charge in [-0.25, -0.2) is 13.9 Å². The van der Waals surface area contributed by atoms with Gasteiger partial charge in [-0.3, -0.25) is 4.79 Å². The first-order valence-corrected chi connectivity index (χ1v) is 9.07. The molecule has 5 nitrogen and oxygen atoms in total. The third-order valence-electron chi connectivity index (χ3n) is 5.82. The minimum Gasteiger partial charge on any atom is -0.332 e. The summed E-state index contributed by atoms with van der Waals surface area (Å²) >= 11 is 0. The lowest BCUT2D eigenvalue weighted by molar-refractivity contribution is 0.0573. The maximum Gasteiger partial charge on any atom is 0.259 e.